The maximum Gasteiger partial charge on any atom is 0.215 e. The Bertz CT molecular complexity index is 265. The summed E-state index contributed by atoms with van der Waals surface area (Å²) in [5.41, 5.74) is 0. The SMILES string of the molecule is CCCCN(C(C)CC)S(=O)(=O)CCNC. The Morgan fingerprint density at radius 3 is 2.38 bits per heavy atom. The molecule has 4 nitrogen and oxygen atoms in total. The minimum absolute atomic E-state index is 0.105. The van der Waals surface area contributed by atoms with Crippen molar-refractivity contribution in [3.63, 3.8) is 0 Å². The Hall–Kier alpha value is -0.130. The smallest absolute Gasteiger partial charge is 0.215 e. The highest BCUT2D eigenvalue weighted by Gasteiger charge is 2.24. The number of nitrogens with one attached hydrogen (secondary N) is 1. The van der Waals surface area contributed by atoms with Gasteiger partial charge in [-0.3, -0.25) is 0 Å². The van der Waals surface area contributed by atoms with Crippen molar-refractivity contribution in [2.75, 3.05) is 25.9 Å². The minimum atomic E-state index is -3.10. The topological polar surface area (TPSA) is 49.4 Å². The van der Waals surface area contributed by atoms with Crippen LogP contribution in [0, 0.1) is 0 Å². The summed E-state index contributed by atoms with van der Waals surface area (Å²) < 4.78 is 25.8. The van der Waals surface area contributed by atoms with E-state index < -0.39 is 10.0 Å². The maximum atomic E-state index is 12.1. The van der Waals surface area contributed by atoms with Crippen molar-refractivity contribution in [3.8, 4) is 0 Å². The molecule has 1 atom stereocenters. The van der Waals surface area contributed by atoms with Gasteiger partial charge in [0, 0.05) is 19.1 Å². The Kier molecular flexibility index (Phi) is 7.97. The first-order valence-corrected chi connectivity index (χ1v) is 7.74. The molecular weight excluding hydrogens is 224 g/mol. The first-order chi connectivity index (χ1) is 7.49. The Balaban J connectivity index is 4.59. The zero-order valence-corrected chi connectivity index (χ0v) is 11.8. The first kappa shape index (κ1) is 15.9. The molecular formula is C11H26N2O2S. The average Bonchev–Trinajstić information content (AvgIpc) is 2.26. The van der Waals surface area contributed by atoms with Crippen LogP contribution in [0.2, 0.25) is 0 Å². The van der Waals surface area contributed by atoms with E-state index in [1.807, 2.05) is 13.8 Å². The Morgan fingerprint density at radius 1 is 1.31 bits per heavy atom. The van der Waals surface area contributed by atoms with Gasteiger partial charge in [0.2, 0.25) is 10.0 Å². The third kappa shape index (κ3) is 5.27. The largest absolute Gasteiger partial charge is 0.319 e. The summed E-state index contributed by atoms with van der Waals surface area (Å²) in [6, 6.07) is 0.105. The van der Waals surface area contributed by atoms with Crippen LogP contribution in [0.3, 0.4) is 0 Å². The molecule has 0 rings (SSSR count). The van der Waals surface area contributed by atoms with Gasteiger partial charge >= 0.3 is 0 Å². The molecule has 16 heavy (non-hydrogen) atoms. The highest BCUT2D eigenvalue weighted by atomic mass is 32.2. The molecule has 0 fully saturated rings. The van der Waals surface area contributed by atoms with E-state index in [1.54, 1.807) is 11.4 Å². The fourth-order valence-corrected chi connectivity index (χ4v) is 3.30. The molecule has 0 aromatic carbocycles. The molecule has 0 saturated heterocycles. The van der Waals surface area contributed by atoms with Crippen LogP contribution in [0.1, 0.15) is 40.0 Å². The third-order valence-corrected chi connectivity index (χ3v) is 4.76. The molecule has 0 bridgehead atoms. The fourth-order valence-electron chi connectivity index (χ4n) is 1.50. The summed E-state index contributed by atoms with van der Waals surface area (Å²) >= 11 is 0. The van der Waals surface area contributed by atoms with Crippen molar-refractivity contribution in [1.82, 2.24) is 9.62 Å². The monoisotopic (exact) mass is 250 g/mol. The van der Waals surface area contributed by atoms with Gasteiger partial charge in [0.1, 0.15) is 0 Å². The van der Waals surface area contributed by atoms with Crippen LogP contribution in [0.4, 0.5) is 0 Å². The van der Waals surface area contributed by atoms with Gasteiger partial charge in [-0.15, -0.1) is 0 Å². The molecule has 98 valence electrons. The minimum Gasteiger partial charge on any atom is -0.319 e. The number of unbranched alkanes of at least 4 members (excludes halogenated alkanes) is 1. The molecule has 0 aliphatic rings. The normalized spacial score (nSPS) is 14.3. The van der Waals surface area contributed by atoms with Crippen LogP contribution >= 0.6 is 0 Å². The summed E-state index contributed by atoms with van der Waals surface area (Å²) in [5.74, 6) is 0.192. The van der Waals surface area contributed by atoms with Crippen LogP contribution in [0.5, 0.6) is 0 Å². The molecule has 0 aliphatic heterocycles. The van der Waals surface area contributed by atoms with Crippen LogP contribution in [-0.2, 0) is 10.0 Å². The molecule has 0 aliphatic carbocycles. The van der Waals surface area contributed by atoms with Crippen molar-refractivity contribution in [3.05, 3.63) is 0 Å². The van der Waals surface area contributed by atoms with Crippen molar-refractivity contribution >= 4 is 10.0 Å². The van der Waals surface area contributed by atoms with Crippen molar-refractivity contribution in [2.45, 2.75) is 46.1 Å². The van der Waals surface area contributed by atoms with Gasteiger partial charge in [0.15, 0.2) is 0 Å². The van der Waals surface area contributed by atoms with Gasteiger partial charge in [-0.2, -0.15) is 4.31 Å². The second kappa shape index (κ2) is 8.03. The Morgan fingerprint density at radius 2 is 1.94 bits per heavy atom. The highest BCUT2D eigenvalue weighted by molar-refractivity contribution is 7.89. The summed E-state index contributed by atoms with van der Waals surface area (Å²) in [6.45, 7) is 7.25. The van der Waals surface area contributed by atoms with E-state index in [2.05, 4.69) is 12.2 Å². The van der Waals surface area contributed by atoms with Crippen molar-refractivity contribution in [2.24, 2.45) is 0 Å². The van der Waals surface area contributed by atoms with Gasteiger partial charge in [-0.05, 0) is 26.8 Å². The van der Waals surface area contributed by atoms with E-state index in [9.17, 15) is 8.42 Å². The molecule has 0 amide bonds. The average molecular weight is 250 g/mol. The number of hydrogen-bond donors (Lipinski definition) is 1. The summed E-state index contributed by atoms with van der Waals surface area (Å²) in [4.78, 5) is 0. The lowest BCUT2D eigenvalue weighted by Crippen LogP contribution is -2.42. The van der Waals surface area contributed by atoms with E-state index >= 15 is 0 Å². The van der Waals surface area contributed by atoms with Crippen LogP contribution in [0.25, 0.3) is 0 Å². The molecule has 0 spiro atoms. The van der Waals surface area contributed by atoms with E-state index in [-0.39, 0.29) is 11.8 Å². The van der Waals surface area contributed by atoms with Gasteiger partial charge in [-0.25, -0.2) is 8.42 Å². The fraction of sp³-hybridized carbons (Fsp3) is 1.00. The number of nitrogens with zero attached hydrogens (tertiary/aromatic N) is 1. The predicted molar refractivity (Wildman–Crippen MR) is 69.1 cm³/mol. The van der Waals surface area contributed by atoms with Crippen LogP contribution in [0.15, 0.2) is 0 Å². The van der Waals surface area contributed by atoms with E-state index in [0.717, 1.165) is 19.3 Å². The molecule has 1 unspecified atom stereocenters. The molecule has 5 heteroatoms. The summed E-state index contributed by atoms with van der Waals surface area (Å²) in [6.07, 6.45) is 2.82. The van der Waals surface area contributed by atoms with Crippen LogP contribution in [-0.4, -0.2) is 44.7 Å². The van der Waals surface area contributed by atoms with Crippen molar-refractivity contribution in [1.29, 1.82) is 0 Å². The quantitative estimate of drug-likeness (QED) is 0.673. The Labute approximate surface area is 100 Å². The third-order valence-electron chi connectivity index (χ3n) is 2.78. The summed E-state index contributed by atoms with van der Waals surface area (Å²) in [7, 11) is -1.32. The van der Waals surface area contributed by atoms with E-state index in [0.29, 0.717) is 13.1 Å². The lowest BCUT2D eigenvalue weighted by Gasteiger charge is -2.27. The molecule has 0 aromatic rings. The highest BCUT2D eigenvalue weighted by Crippen LogP contribution is 2.12. The van der Waals surface area contributed by atoms with Gasteiger partial charge < -0.3 is 5.32 Å². The predicted octanol–water partition coefficient (Wildman–Crippen LogP) is 1.44. The van der Waals surface area contributed by atoms with Crippen molar-refractivity contribution < 1.29 is 8.42 Å². The zero-order valence-electron chi connectivity index (χ0n) is 11.0. The van der Waals surface area contributed by atoms with Gasteiger partial charge in [-0.1, -0.05) is 20.3 Å². The number of rotatable bonds is 9. The van der Waals surface area contributed by atoms with Crippen LogP contribution < -0.4 is 5.32 Å². The van der Waals surface area contributed by atoms with Gasteiger partial charge in [0.05, 0.1) is 5.75 Å². The molecule has 1 N–H and O–H groups in total. The maximum absolute atomic E-state index is 12.1. The molecule has 0 saturated carbocycles. The van der Waals surface area contributed by atoms with E-state index in [4.69, 9.17) is 0 Å². The second-order valence-corrected chi connectivity index (χ2v) is 6.18. The lowest BCUT2D eigenvalue weighted by molar-refractivity contribution is 0.324. The number of hydrogen-bond acceptors (Lipinski definition) is 3. The first-order valence-electron chi connectivity index (χ1n) is 6.13. The summed E-state index contributed by atoms with van der Waals surface area (Å²) in [5, 5.41) is 2.89. The number of sulfonamides is 1. The van der Waals surface area contributed by atoms with Gasteiger partial charge in [0.25, 0.3) is 0 Å². The standard InChI is InChI=1S/C11H26N2O2S/c1-5-7-9-13(11(3)6-2)16(14,15)10-8-12-4/h11-12H,5-10H2,1-4H3. The molecule has 0 radical (unpaired) electrons. The second-order valence-electron chi connectivity index (χ2n) is 4.14. The molecule has 0 aromatic heterocycles. The zero-order chi connectivity index (χ0) is 12.6. The molecule has 0 heterocycles. The van der Waals surface area contributed by atoms with E-state index in [1.165, 1.54) is 0 Å². The lowest BCUT2D eigenvalue weighted by atomic mass is 10.2.